The Morgan fingerprint density at radius 3 is 2.61 bits per heavy atom. The van der Waals surface area contributed by atoms with Gasteiger partial charge in [0.05, 0.1) is 34.9 Å². The van der Waals surface area contributed by atoms with Crippen molar-refractivity contribution in [1.82, 2.24) is 29.7 Å². The van der Waals surface area contributed by atoms with Crippen LogP contribution in [0, 0.1) is 6.92 Å². The van der Waals surface area contributed by atoms with E-state index in [9.17, 15) is 5.11 Å². The Hall–Kier alpha value is -3.56. The van der Waals surface area contributed by atoms with Crippen LogP contribution < -0.4 is 9.64 Å². The first-order valence-electron chi connectivity index (χ1n) is 12.4. The Kier molecular flexibility index (Phi) is 5.61. The van der Waals surface area contributed by atoms with Crippen molar-refractivity contribution in [2.75, 3.05) is 24.6 Å². The molecule has 2 bridgehead atoms. The van der Waals surface area contributed by atoms with Crippen molar-refractivity contribution < 1.29 is 9.84 Å². The first kappa shape index (κ1) is 22.9. The fourth-order valence-corrected chi connectivity index (χ4v) is 5.14. The lowest BCUT2D eigenvalue weighted by Crippen LogP contribution is -2.68. The summed E-state index contributed by atoms with van der Waals surface area (Å²) in [4.78, 5) is 9.76. The van der Waals surface area contributed by atoms with Crippen LogP contribution in [0.1, 0.15) is 31.7 Å². The summed E-state index contributed by atoms with van der Waals surface area (Å²) in [6.45, 7) is 8.40. The van der Waals surface area contributed by atoms with Crippen LogP contribution >= 0.6 is 0 Å². The Labute approximate surface area is 210 Å². The number of aliphatic hydroxyl groups is 1. The fraction of sp³-hybridized carbons (Fsp3) is 0.407. The van der Waals surface area contributed by atoms with Crippen molar-refractivity contribution in [2.45, 2.75) is 51.4 Å². The molecule has 3 aliphatic rings. The van der Waals surface area contributed by atoms with Gasteiger partial charge in [0.15, 0.2) is 0 Å². The maximum atomic E-state index is 10.0. The van der Waals surface area contributed by atoms with Crippen molar-refractivity contribution in [3.63, 3.8) is 0 Å². The zero-order valence-corrected chi connectivity index (χ0v) is 20.9. The molecule has 0 radical (unpaired) electrons. The third kappa shape index (κ3) is 4.52. The highest BCUT2D eigenvalue weighted by Crippen LogP contribution is 2.36. The number of aromatic nitrogens is 5. The highest BCUT2D eigenvalue weighted by molar-refractivity contribution is 5.81. The van der Waals surface area contributed by atoms with E-state index >= 15 is 0 Å². The van der Waals surface area contributed by atoms with Crippen LogP contribution in [0.15, 0.2) is 55.0 Å². The van der Waals surface area contributed by atoms with Gasteiger partial charge in [-0.25, -0.2) is 9.50 Å². The van der Waals surface area contributed by atoms with Gasteiger partial charge in [0, 0.05) is 49.0 Å². The van der Waals surface area contributed by atoms with E-state index in [-0.39, 0.29) is 6.61 Å². The molecule has 2 unspecified atom stereocenters. The lowest BCUT2D eigenvalue weighted by Gasteiger charge is -2.56. The van der Waals surface area contributed by atoms with Gasteiger partial charge in [0.1, 0.15) is 18.2 Å². The number of pyridine rings is 2. The molecule has 9 nitrogen and oxygen atoms in total. The van der Waals surface area contributed by atoms with Crippen molar-refractivity contribution in [1.29, 1.82) is 0 Å². The molecule has 2 atom stereocenters. The predicted molar refractivity (Wildman–Crippen MR) is 137 cm³/mol. The average Bonchev–Trinajstić information content (AvgIpc) is 3.35. The molecule has 0 aromatic carbocycles. The normalized spacial score (nSPS) is 19.9. The minimum atomic E-state index is -0.916. The van der Waals surface area contributed by atoms with E-state index in [0.717, 1.165) is 53.5 Å². The van der Waals surface area contributed by atoms with Crippen LogP contribution in [0.3, 0.4) is 0 Å². The maximum absolute atomic E-state index is 10.0. The number of anilines is 1. The highest BCUT2D eigenvalue weighted by Gasteiger charge is 2.44. The minimum absolute atomic E-state index is 0.196. The van der Waals surface area contributed by atoms with E-state index in [1.807, 2.05) is 37.5 Å². The fourth-order valence-electron chi connectivity index (χ4n) is 5.14. The summed E-state index contributed by atoms with van der Waals surface area (Å²) in [7, 11) is 0. The van der Waals surface area contributed by atoms with Crippen LogP contribution in [-0.4, -0.2) is 72.2 Å². The zero-order valence-electron chi connectivity index (χ0n) is 20.9. The summed E-state index contributed by atoms with van der Waals surface area (Å²) < 4.78 is 7.65. The second kappa shape index (κ2) is 8.83. The maximum Gasteiger partial charge on any atom is 0.138 e. The number of hydrogen-bond acceptors (Lipinski definition) is 8. The van der Waals surface area contributed by atoms with E-state index in [0.29, 0.717) is 17.8 Å². The number of piperidine rings is 1. The summed E-state index contributed by atoms with van der Waals surface area (Å²) in [6.07, 6.45) is 6.76. The first-order valence-corrected chi connectivity index (χ1v) is 12.4. The number of aryl methyl sites for hydroxylation is 1. The molecule has 0 saturated carbocycles. The van der Waals surface area contributed by atoms with E-state index in [1.165, 1.54) is 6.42 Å². The summed E-state index contributed by atoms with van der Waals surface area (Å²) >= 11 is 0. The van der Waals surface area contributed by atoms with Crippen molar-refractivity contribution in [2.24, 2.45) is 0 Å². The standard InChI is InChI=1S/C27H31N7O2/c1-18-4-6-20(31-30-18)13-33-21-10-22(33)15-32(14-21)26-7-5-19(12-28-26)24-11-23(36-17-27(2,3)35)16-34-25(24)8-9-29-34/h4-9,11-12,16,21-22,35H,10,13-15,17H2,1-3H3. The molecule has 7 rings (SSSR count). The molecule has 0 spiro atoms. The highest BCUT2D eigenvalue weighted by atomic mass is 16.5. The predicted octanol–water partition coefficient (Wildman–Crippen LogP) is 3.11. The molecule has 186 valence electrons. The number of ether oxygens (including phenoxy) is 1. The smallest absolute Gasteiger partial charge is 0.138 e. The summed E-state index contributed by atoms with van der Waals surface area (Å²) in [6, 6.07) is 13.3. The molecule has 4 aromatic heterocycles. The third-order valence-electron chi connectivity index (χ3n) is 7.00. The van der Waals surface area contributed by atoms with Gasteiger partial charge >= 0.3 is 0 Å². The summed E-state index contributed by atoms with van der Waals surface area (Å²) in [5.74, 6) is 1.66. The van der Waals surface area contributed by atoms with Crippen LogP contribution in [0.2, 0.25) is 0 Å². The van der Waals surface area contributed by atoms with Gasteiger partial charge in [-0.15, -0.1) is 0 Å². The van der Waals surface area contributed by atoms with Gasteiger partial charge in [0.2, 0.25) is 0 Å². The van der Waals surface area contributed by atoms with Crippen molar-refractivity contribution in [3.05, 3.63) is 66.4 Å². The van der Waals surface area contributed by atoms with Crippen LogP contribution in [0.5, 0.6) is 5.75 Å². The molecule has 0 amide bonds. The van der Waals surface area contributed by atoms with Crippen molar-refractivity contribution in [3.8, 4) is 16.9 Å². The number of nitrogens with zero attached hydrogens (tertiary/aromatic N) is 7. The van der Waals surface area contributed by atoms with E-state index in [2.05, 4.69) is 43.3 Å². The monoisotopic (exact) mass is 485 g/mol. The molecule has 9 heteroatoms. The van der Waals surface area contributed by atoms with Gasteiger partial charge in [-0.05, 0) is 63.6 Å². The van der Waals surface area contributed by atoms with Gasteiger partial charge in [-0.1, -0.05) is 0 Å². The van der Waals surface area contributed by atoms with Crippen LogP contribution in [-0.2, 0) is 6.54 Å². The van der Waals surface area contributed by atoms with E-state index in [1.54, 1.807) is 24.6 Å². The quantitative estimate of drug-likeness (QED) is 0.427. The largest absolute Gasteiger partial charge is 0.489 e. The third-order valence-corrected chi connectivity index (χ3v) is 7.00. The number of fused-ring (bicyclic) bond motifs is 3. The molecule has 3 fully saturated rings. The SMILES string of the molecule is Cc1ccc(CN2C3CC2CN(c2ccc(-c4cc(OCC(C)(C)O)cn5nccc45)cn2)C3)nn1. The van der Waals surface area contributed by atoms with Gasteiger partial charge in [-0.2, -0.15) is 15.3 Å². The topological polar surface area (TPSA) is 91.9 Å². The second-order valence-corrected chi connectivity index (χ2v) is 10.5. The Balaban J connectivity index is 1.17. The molecular weight excluding hydrogens is 454 g/mol. The second-order valence-electron chi connectivity index (χ2n) is 10.5. The molecule has 0 aliphatic carbocycles. The molecule has 1 N–H and O–H groups in total. The lowest BCUT2D eigenvalue weighted by molar-refractivity contribution is -0.00988. The Morgan fingerprint density at radius 2 is 1.92 bits per heavy atom. The van der Waals surface area contributed by atoms with Gasteiger partial charge in [0.25, 0.3) is 0 Å². The van der Waals surface area contributed by atoms with Gasteiger partial charge < -0.3 is 14.7 Å². The van der Waals surface area contributed by atoms with E-state index in [4.69, 9.17) is 9.72 Å². The Bertz CT molecular complexity index is 1350. The Morgan fingerprint density at radius 1 is 1.08 bits per heavy atom. The average molecular weight is 486 g/mol. The molecule has 4 aromatic rings. The van der Waals surface area contributed by atoms with Crippen LogP contribution in [0.4, 0.5) is 5.82 Å². The lowest BCUT2D eigenvalue weighted by atomic mass is 9.87. The first-order chi connectivity index (χ1) is 17.3. The van der Waals surface area contributed by atoms with Crippen molar-refractivity contribution >= 4 is 11.3 Å². The van der Waals surface area contributed by atoms with E-state index < -0.39 is 5.60 Å². The molecule has 7 heterocycles. The van der Waals surface area contributed by atoms with Crippen LogP contribution in [0.25, 0.3) is 16.6 Å². The zero-order chi connectivity index (χ0) is 24.9. The number of piperazine rings is 1. The van der Waals surface area contributed by atoms with Gasteiger partial charge in [-0.3, -0.25) is 4.90 Å². The molecule has 36 heavy (non-hydrogen) atoms. The summed E-state index contributed by atoms with van der Waals surface area (Å²) in [5.41, 5.74) is 4.04. The number of rotatable bonds is 7. The molecule has 3 saturated heterocycles. The molecule has 3 aliphatic heterocycles. The number of hydrogen-bond donors (Lipinski definition) is 1. The summed E-state index contributed by atoms with van der Waals surface area (Å²) in [5, 5.41) is 23.0. The molecular formula is C27H31N7O2. The minimum Gasteiger partial charge on any atom is -0.489 e.